The number of benzene rings is 1. The maximum absolute atomic E-state index is 14.8. The zero-order valence-corrected chi connectivity index (χ0v) is 18.3. The van der Waals surface area contributed by atoms with Gasteiger partial charge in [-0.25, -0.2) is 18.9 Å². The molecule has 2 atom stereocenters. The maximum atomic E-state index is 14.8. The van der Waals surface area contributed by atoms with Gasteiger partial charge in [0, 0.05) is 25.1 Å². The number of rotatable bonds is 3. The third kappa shape index (κ3) is 3.15. The molecule has 3 heterocycles. The van der Waals surface area contributed by atoms with Gasteiger partial charge in [0.2, 0.25) is 10.4 Å². The Labute approximate surface area is 185 Å². The van der Waals surface area contributed by atoms with Gasteiger partial charge in [0.05, 0.1) is 23.8 Å². The van der Waals surface area contributed by atoms with Crippen molar-refractivity contribution in [3.63, 3.8) is 0 Å². The number of aromatic nitrogens is 2. The number of halogens is 2. The molecule has 1 saturated carbocycles. The van der Waals surface area contributed by atoms with Crippen LogP contribution in [-0.2, 0) is 27.5 Å². The fourth-order valence-corrected chi connectivity index (χ4v) is 5.81. The van der Waals surface area contributed by atoms with Crippen LogP contribution in [0.15, 0.2) is 27.1 Å². The van der Waals surface area contributed by atoms with Crippen molar-refractivity contribution in [3.8, 4) is 0 Å². The third-order valence-electron chi connectivity index (χ3n) is 6.19. The summed E-state index contributed by atoms with van der Waals surface area (Å²) in [5.74, 6) is -1.41. The largest absolute Gasteiger partial charge is 0.466 e. The van der Waals surface area contributed by atoms with Crippen molar-refractivity contribution in [2.24, 2.45) is 16.1 Å². The summed E-state index contributed by atoms with van der Waals surface area (Å²) in [5.41, 5.74) is -0.150. The van der Waals surface area contributed by atoms with Gasteiger partial charge in [-0.1, -0.05) is 16.8 Å². The first kappa shape index (κ1) is 20.4. The van der Waals surface area contributed by atoms with Crippen LogP contribution in [0.1, 0.15) is 37.7 Å². The Morgan fingerprint density at radius 1 is 1.35 bits per heavy atom. The lowest BCUT2D eigenvalue weighted by Crippen LogP contribution is -2.43. The van der Waals surface area contributed by atoms with Crippen LogP contribution in [0, 0.1) is 11.7 Å². The summed E-state index contributed by atoms with van der Waals surface area (Å²) in [7, 11) is 1.32. The van der Waals surface area contributed by atoms with Gasteiger partial charge in [0.25, 0.3) is 0 Å². The molecule has 164 valence electrons. The van der Waals surface area contributed by atoms with Crippen LogP contribution in [0.5, 0.6) is 0 Å². The van der Waals surface area contributed by atoms with E-state index in [1.807, 2.05) is 0 Å². The Kier molecular flexibility index (Phi) is 5.01. The summed E-state index contributed by atoms with van der Waals surface area (Å²) in [6, 6.07) is 2.69. The highest BCUT2D eigenvalue weighted by Crippen LogP contribution is 2.47. The Balaban J connectivity index is 1.59. The second-order valence-corrected chi connectivity index (χ2v) is 9.22. The lowest BCUT2D eigenvalue weighted by molar-refractivity contribution is -0.168. The quantitative estimate of drug-likeness (QED) is 0.651. The molecule has 11 heteroatoms. The fraction of sp³-hybridized carbons (Fsp3) is 0.500. The Hall–Kier alpha value is -2.46. The number of ether oxygens (including phenoxy) is 1. The second-order valence-electron chi connectivity index (χ2n) is 7.89. The highest BCUT2D eigenvalue weighted by Gasteiger charge is 2.59. The van der Waals surface area contributed by atoms with Crippen LogP contribution < -0.4 is 9.67 Å². The Morgan fingerprint density at radius 2 is 2.13 bits per heavy atom. The second kappa shape index (κ2) is 7.59. The minimum atomic E-state index is -1.16. The van der Waals surface area contributed by atoms with Crippen molar-refractivity contribution < 1.29 is 18.8 Å². The average molecular weight is 467 g/mol. The topological polar surface area (TPSA) is 87.2 Å². The smallest absolute Gasteiger partial charge is 0.353 e. The van der Waals surface area contributed by atoms with E-state index in [-0.39, 0.29) is 21.5 Å². The first-order valence-electron chi connectivity index (χ1n) is 10.1. The number of methoxy groups -OCH3 is 1. The molecule has 31 heavy (non-hydrogen) atoms. The summed E-state index contributed by atoms with van der Waals surface area (Å²) < 4.78 is 23.1. The van der Waals surface area contributed by atoms with E-state index in [0.717, 1.165) is 30.6 Å². The highest BCUT2D eigenvalue weighted by atomic mass is 35.5. The molecule has 0 amide bonds. The predicted octanol–water partition coefficient (Wildman–Crippen LogP) is 2.98. The molecule has 1 aromatic heterocycles. The lowest BCUT2D eigenvalue weighted by atomic mass is 9.84. The van der Waals surface area contributed by atoms with Gasteiger partial charge in [-0.15, -0.1) is 0 Å². The van der Waals surface area contributed by atoms with E-state index in [9.17, 15) is 14.0 Å². The standard InChI is InChI=1S/C20H20ClFN4O4S/c1-29-17(27)20-6-4-5-12(20)16(24-30-20)11-9-15(14(22)10-13(11)21)23-18-25-7-2-3-8-26(25)19(28)31-18/h9-10,12H,2-8H2,1H3. The number of fused-ring (bicyclic) bond motifs is 2. The monoisotopic (exact) mass is 466 g/mol. The van der Waals surface area contributed by atoms with Crippen LogP contribution in [0.4, 0.5) is 10.1 Å². The molecular formula is C20H20ClFN4O4S. The number of hydrogen-bond acceptors (Lipinski definition) is 7. The van der Waals surface area contributed by atoms with Crippen LogP contribution in [0.2, 0.25) is 5.02 Å². The first-order chi connectivity index (χ1) is 14.9. The van der Waals surface area contributed by atoms with Crippen LogP contribution in [-0.4, -0.2) is 33.8 Å². The SMILES string of the molecule is COC(=O)C12CCCC1C(c1cc(N=c3sc(=O)n4n3CCCC4)c(F)cc1Cl)=NO2. The zero-order valence-electron chi connectivity index (χ0n) is 16.8. The molecule has 1 fully saturated rings. The Bertz CT molecular complexity index is 1230. The van der Waals surface area contributed by atoms with Crippen molar-refractivity contribution in [3.05, 3.63) is 43.0 Å². The molecule has 2 aromatic rings. The van der Waals surface area contributed by atoms with Crippen LogP contribution in [0.25, 0.3) is 0 Å². The van der Waals surface area contributed by atoms with Gasteiger partial charge in [-0.05, 0) is 49.2 Å². The summed E-state index contributed by atoms with van der Waals surface area (Å²) in [4.78, 5) is 35.0. The van der Waals surface area contributed by atoms with Gasteiger partial charge in [0.1, 0.15) is 11.5 Å². The molecule has 5 rings (SSSR count). The number of hydrogen-bond donors (Lipinski definition) is 0. The molecule has 3 aliphatic rings. The number of carbonyl (C=O) groups is 1. The van der Waals surface area contributed by atoms with E-state index in [1.54, 1.807) is 9.36 Å². The summed E-state index contributed by atoms with van der Waals surface area (Å²) in [5, 5.41) is 4.31. The van der Waals surface area contributed by atoms with E-state index >= 15 is 0 Å². The average Bonchev–Trinajstić information content (AvgIpc) is 3.43. The number of nitrogens with zero attached hydrogens (tertiary/aromatic N) is 4. The first-order valence-corrected chi connectivity index (χ1v) is 11.3. The molecule has 2 unspecified atom stereocenters. The van der Waals surface area contributed by atoms with E-state index in [0.29, 0.717) is 42.0 Å². The minimum Gasteiger partial charge on any atom is -0.466 e. The fourth-order valence-electron chi connectivity index (χ4n) is 4.67. The van der Waals surface area contributed by atoms with E-state index in [1.165, 1.54) is 19.2 Å². The minimum absolute atomic E-state index is 0.0541. The molecule has 1 aliphatic carbocycles. The molecule has 0 radical (unpaired) electrons. The lowest BCUT2D eigenvalue weighted by Gasteiger charge is -2.23. The van der Waals surface area contributed by atoms with Gasteiger partial charge in [-0.3, -0.25) is 9.48 Å². The van der Waals surface area contributed by atoms with Crippen molar-refractivity contribution in [1.82, 2.24) is 9.36 Å². The van der Waals surface area contributed by atoms with E-state index in [4.69, 9.17) is 21.2 Å². The normalized spacial score (nSPS) is 25.1. The molecule has 0 N–H and O–H groups in total. The van der Waals surface area contributed by atoms with Crippen molar-refractivity contribution in [1.29, 1.82) is 0 Å². The van der Waals surface area contributed by atoms with Crippen molar-refractivity contribution >= 4 is 40.3 Å². The molecular weight excluding hydrogens is 447 g/mol. The van der Waals surface area contributed by atoms with Gasteiger partial charge in [-0.2, -0.15) is 0 Å². The summed E-state index contributed by atoms with van der Waals surface area (Å²) in [6.07, 6.45) is 3.81. The third-order valence-corrected chi connectivity index (χ3v) is 7.37. The van der Waals surface area contributed by atoms with Crippen molar-refractivity contribution in [2.45, 2.75) is 50.8 Å². The van der Waals surface area contributed by atoms with Crippen LogP contribution >= 0.6 is 22.9 Å². The Morgan fingerprint density at radius 3 is 2.90 bits per heavy atom. The van der Waals surface area contributed by atoms with Gasteiger partial charge < -0.3 is 9.57 Å². The number of esters is 1. The predicted molar refractivity (Wildman–Crippen MR) is 112 cm³/mol. The number of carbonyl (C=O) groups excluding carboxylic acids is 1. The molecule has 0 saturated heterocycles. The molecule has 0 bridgehead atoms. The molecule has 8 nitrogen and oxygen atoms in total. The van der Waals surface area contributed by atoms with Crippen molar-refractivity contribution in [2.75, 3.05) is 7.11 Å². The maximum Gasteiger partial charge on any atom is 0.353 e. The molecule has 1 aromatic carbocycles. The van der Waals surface area contributed by atoms with Crippen LogP contribution in [0.3, 0.4) is 0 Å². The molecule has 2 aliphatic heterocycles. The summed E-state index contributed by atoms with van der Waals surface area (Å²) in [6.45, 7) is 1.29. The zero-order chi connectivity index (χ0) is 21.8. The van der Waals surface area contributed by atoms with E-state index in [2.05, 4.69) is 10.1 Å². The number of oxime groups is 1. The van der Waals surface area contributed by atoms with Gasteiger partial charge in [0.15, 0.2) is 0 Å². The highest BCUT2D eigenvalue weighted by molar-refractivity contribution is 7.06. The summed E-state index contributed by atoms with van der Waals surface area (Å²) >= 11 is 7.35. The van der Waals surface area contributed by atoms with E-state index < -0.39 is 17.4 Å². The van der Waals surface area contributed by atoms with Gasteiger partial charge >= 0.3 is 10.8 Å². The molecule has 0 spiro atoms.